The molecule has 0 amide bonds. The van der Waals surface area contributed by atoms with E-state index in [-0.39, 0.29) is 6.42 Å². The molecule has 1 rings (SSSR count). The standard InChI is InChI=1S/C10H15NO3/c1-8-4-6-14-9(8)7-11-5-2-3-10(12)13/h4,6,11H,2-3,5,7H2,1H3,(H,12,13). The third-order valence-electron chi connectivity index (χ3n) is 2.00. The summed E-state index contributed by atoms with van der Waals surface area (Å²) in [5, 5.41) is 11.5. The molecular formula is C10H15NO3. The average Bonchev–Trinajstić information content (AvgIpc) is 2.51. The van der Waals surface area contributed by atoms with Gasteiger partial charge in [0, 0.05) is 6.42 Å². The third kappa shape index (κ3) is 3.62. The van der Waals surface area contributed by atoms with Gasteiger partial charge < -0.3 is 14.8 Å². The Bertz CT molecular complexity index is 293. The molecule has 4 nitrogen and oxygen atoms in total. The van der Waals surface area contributed by atoms with Crippen LogP contribution in [0.1, 0.15) is 24.2 Å². The Balaban J connectivity index is 2.10. The molecule has 0 aromatic carbocycles. The quantitative estimate of drug-likeness (QED) is 0.679. The Labute approximate surface area is 82.9 Å². The van der Waals surface area contributed by atoms with Crippen LogP contribution in [0.4, 0.5) is 0 Å². The number of carboxylic acid groups (broad SMARTS) is 1. The summed E-state index contributed by atoms with van der Waals surface area (Å²) in [5.41, 5.74) is 1.12. The van der Waals surface area contributed by atoms with E-state index in [1.54, 1.807) is 6.26 Å². The summed E-state index contributed by atoms with van der Waals surface area (Å²) in [4.78, 5) is 10.2. The van der Waals surface area contributed by atoms with Crippen LogP contribution < -0.4 is 5.32 Å². The van der Waals surface area contributed by atoms with Gasteiger partial charge in [0.2, 0.25) is 0 Å². The second kappa shape index (κ2) is 5.44. The zero-order valence-corrected chi connectivity index (χ0v) is 8.25. The van der Waals surface area contributed by atoms with Gasteiger partial charge in [0.05, 0.1) is 12.8 Å². The second-order valence-corrected chi connectivity index (χ2v) is 3.20. The van der Waals surface area contributed by atoms with Crippen LogP contribution in [0.25, 0.3) is 0 Å². The molecule has 1 heterocycles. The summed E-state index contributed by atoms with van der Waals surface area (Å²) in [6, 6.07) is 1.91. The van der Waals surface area contributed by atoms with E-state index in [0.717, 1.165) is 11.3 Å². The van der Waals surface area contributed by atoms with Gasteiger partial charge in [-0.25, -0.2) is 0 Å². The number of furan rings is 1. The molecule has 2 N–H and O–H groups in total. The summed E-state index contributed by atoms with van der Waals surface area (Å²) in [5.74, 6) is 0.168. The molecule has 0 aliphatic carbocycles. The van der Waals surface area contributed by atoms with Crippen molar-refractivity contribution in [3.63, 3.8) is 0 Å². The molecule has 4 heteroatoms. The highest BCUT2D eigenvalue weighted by Gasteiger charge is 2.01. The number of rotatable bonds is 6. The Hall–Kier alpha value is -1.29. The van der Waals surface area contributed by atoms with Crippen LogP contribution in [0.15, 0.2) is 16.7 Å². The minimum atomic E-state index is -0.749. The zero-order chi connectivity index (χ0) is 10.4. The maximum Gasteiger partial charge on any atom is 0.303 e. The van der Waals surface area contributed by atoms with Crippen molar-refractivity contribution in [1.29, 1.82) is 0 Å². The van der Waals surface area contributed by atoms with Gasteiger partial charge in [-0.2, -0.15) is 0 Å². The first kappa shape index (κ1) is 10.8. The minimum Gasteiger partial charge on any atom is -0.481 e. The molecule has 1 aromatic rings. The van der Waals surface area contributed by atoms with E-state index in [4.69, 9.17) is 9.52 Å². The number of carbonyl (C=O) groups is 1. The van der Waals surface area contributed by atoms with Crippen LogP contribution in [-0.2, 0) is 11.3 Å². The average molecular weight is 197 g/mol. The number of aryl methyl sites for hydroxylation is 1. The lowest BCUT2D eigenvalue weighted by atomic mass is 10.2. The maximum atomic E-state index is 10.2. The van der Waals surface area contributed by atoms with Gasteiger partial charge in [-0.3, -0.25) is 4.79 Å². The first-order chi connectivity index (χ1) is 6.70. The Morgan fingerprint density at radius 3 is 3.00 bits per heavy atom. The minimum absolute atomic E-state index is 0.212. The third-order valence-corrected chi connectivity index (χ3v) is 2.00. The molecule has 0 bridgehead atoms. The SMILES string of the molecule is Cc1ccoc1CNCCCC(=O)O. The van der Waals surface area contributed by atoms with E-state index in [2.05, 4.69) is 5.32 Å². The Morgan fingerprint density at radius 1 is 1.64 bits per heavy atom. The Morgan fingerprint density at radius 2 is 2.43 bits per heavy atom. The summed E-state index contributed by atoms with van der Waals surface area (Å²) in [6.45, 7) is 3.35. The van der Waals surface area contributed by atoms with Crippen LogP contribution in [0.3, 0.4) is 0 Å². The van der Waals surface area contributed by atoms with Crippen LogP contribution in [0.5, 0.6) is 0 Å². The van der Waals surface area contributed by atoms with E-state index in [9.17, 15) is 4.79 Å². The topological polar surface area (TPSA) is 62.5 Å². The molecule has 0 radical (unpaired) electrons. The fourth-order valence-electron chi connectivity index (χ4n) is 1.15. The molecule has 1 aromatic heterocycles. The highest BCUT2D eigenvalue weighted by atomic mass is 16.4. The van der Waals surface area contributed by atoms with Gasteiger partial charge in [0.25, 0.3) is 0 Å². The van der Waals surface area contributed by atoms with Gasteiger partial charge in [-0.15, -0.1) is 0 Å². The molecular weight excluding hydrogens is 182 g/mol. The summed E-state index contributed by atoms with van der Waals surface area (Å²) >= 11 is 0. The van der Waals surface area contributed by atoms with E-state index in [0.29, 0.717) is 19.5 Å². The molecule has 0 aliphatic heterocycles. The smallest absolute Gasteiger partial charge is 0.303 e. The zero-order valence-electron chi connectivity index (χ0n) is 8.25. The number of carboxylic acids is 1. The van der Waals surface area contributed by atoms with Crippen molar-refractivity contribution in [3.05, 3.63) is 23.7 Å². The van der Waals surface area contributed by atoms with E-state index < -0.39 is 5.97 Å². The predicted molar refractivity (Wildman–Crippen MR) is 52.0 cm³/mol. The monoisotopic (exact) mass is 197 g/mol. The van der Waals surface area contributed by atoms with Crippen LogP contribution >= 0.6 is 0 Å². The van der Waals surface area contributed by atoms with E-state index >= 15 is 0 Å². The van der Waals surface area contributed by atoms with Crippen molar-refractivity contribution in [2.24, 2.45) is 0 Å². The second-order valence-electron chi connectivity index (χ2n) is 3.20. The van der Waals surface area contributed by atoms with Crippen molar-refractivity contribution in [1.82, 2.24) is 5.32 Å². The molecule has 0 saturated carbocycles. The van der Waals surface area contributed by atoms with Crippen LogP contribution in [-0.4, -0.2) is 17.6 Å². The molecule has 14 heavy (non-hydrogen) atoms. The highest BCUT2D eigenvalue weighted by molar-refractivity contribution is 5.66. The van der Waals surface area contributed by atoms with E-state index in [1.807, 2.05) is 13.0 Å². The van der Waals surface area contributed by atoms with Gasteiger partial charge in [-0.05, 0) is 31.5 Å². The highest BCUT2D eigenvalue weighted by Crippen LogP contribution is 2.07. The maximum absolute atomic E-state index is 10.2. The first-order valence-corrected chi connectivity index (χ1v) is 4.65. The lowest BCUT2D eigenvalue weighted by molar-refractivity contribution is -0.137. The molecule has 0 atom stereocenters. The first-order valence-electron chi connectivity index (χ1n) is 4.65. The van der Waals surface area contributed by atoms with Crippen molar-refractivity contribution in [3.8, 4) is 0 Å². The molecule has 0 spiro atoms. The van der Waals surface area contributed by atoms with Gasteiger partial charge in [0.1, 0.15) is 5.76 Å². The summed E-state index contributed by atoms with van der Waals surface area (Å²) in [6.07, 6.45) is 2.52. The van der Waals surface area contributed by atoms with Crippen LogP contribution in [0, 0.1) is 6.92 Å². The van der Waals surface area contributed by atoms with Crippen molar-refractivity contribution < 1.29 is 14.3 Å². The fraction of sp³-hybridized carbons (Fsp3) is 0.500. The molecule has 0 aliphatic rings. The predicted octanol–water partition coefficient (Wildman–Crippen LogP) is 1.54. The lowest BCUT2D eigenvalue weighted by Gasteiger charge is -2.01. The molecule has 0 saturated heterocycles. The van der Waals surface area contributed by atoms with Crippen molar-refractivity contribution in [2.45, 2.75) is 26.3 Å². The summed E-state index contributed by atoms with van der Waals surface area (Å²) < 4.78 is 5.21. The van der Waals surface area contributed by atoms with Crippen molar-refractivity contribution in [2.75, 3.05) is 6.54 Å². The fourth-order valence-corrected chi connectivity index (χ4v) is 1.15. The number of hydrogen-bond acceptors (Lipinski definition) is 3. The number of nitrogens with one attached hydrogen (secondary N) is 1. The van der Waals surface area contributed by atoms with Crippen molar-refractivity contribution >= 4 is 5.97 Å². The van der Waals surface area contributed by atoms with Gasteiger partial charge in [-0.1, -0.05) is 0 Å². The number of aliphatic carboxylic acids is 1. The van der Waals surface area contributed by atoms with E-state index in [1.165, 1.54) is 0 Å². The molecule has 0 fully saturated rings. The normalized spacial score (nSPS) is 10.4. The molecule has 0 unspecified atom stereocenters. The van der Waals surface area contributed by atoms with Crippen LogP contribution in [0.2, 0.25) is 0 Å². The largest absolute Gasteiger partial charge is 0.481 e. The summed E-state index contributed by atoms with van der Waals surface area (Å²) in [7, 11) is 0. The molecule has 78 valence electrons. The van der Waals surface area contributed by atoms with Gasteiger partial charge in [0.15, 0.2) is 0 Å². The lowest BCUT2D eigenvalue weighted by Crippen LogP contribution is -2.15. The van der Waals surface area contributed by atoms with Gasteiger partial charge >= 0.3 is 5.97 Å². The number of hydrogen-bond donors (Lipinski definition) is 2. The Kier molecular flexibility index (Phi) is 4.19.